The van der Waals surface area contributed by atoms with Crippen LogP contribution < -0.4 is 34.9 Å². The fourth-order valence-corrected chi connectivity index (χ4v) is 4.32. The third-order valence-corrected chi connectivity index (χ3v) is 6.59. The highest BCUT2D eigenvalue weighted by atomic mass is 35.5. The lowest BCUT2D eigenvalue weighted by atomic mass is 10.0. The first-order valence-corrected chi connectivity index (χ1v) is 13.0. The van der Waals surface area contributed by atoms with Gasteiger partial charge in [-0.05, 0) is 24.1 Å². The molecule has 0 bridgehead atoms. The summed E-state index contributed by atoms with van der Waals surface area (Å²) < 4.78 is 21.1. The molecule has 3 N–H and O–H groups in total. The van der Waals surface area contributed by atoms with Crippen molar-refractivity contribution in [3.05, 3.63) is 63.9 Å². The van der Waals surface area contributed by atoms with Gasteiger partial charge in [-0.2, -0.15) is 0 Å². The topological polar surface area (TPSA) is 137 Å². The van der Waals surface area contributed by atoms with Gasteiger partial charge in [0.1, 0.15) is 29.0 Å². The van der Waals surface area contributed by atoms with Crippen LogP contribution in [0, 0.1) is 5.92 Å². The van der Waals surface area contributed by atoms with Gasteiger partial charge in [0, 0.05) is 24.5 Å². The van der Waals surface area contributed by atoms with E-state index in [0.717, 1.165) is 0 Å². The number of anilines is 2. The van der Waals surface area contributed by atoms with E-state index in [2.05, 4.69) is 20.9 Å². The lowest BCUT2D eigenvalue weighted by Crippen LogP contribution is -2.47. The first-order chi connectivity index (χ1) is 19.5. The van der Waals surface area contributed by atoms with Crippen LogP contribution in [-0.2, 0) is 4.79 Å². The van der Waals surface area contributed by atoms with E-state index in [9.17, 15) is 14.4 Å². The van der Waals surface area contributed by atoms with Crippen molar-refractivity contribution < 1.29 is 33.3 Å². The number of carbonyl (C=O) groups is 3. The number of methoxy groups -OCH3 is 4. The number of benzene rings is 2. The third-order valence-electron chi connectivity index (χ3n) is 6.00. The molecule has 1 unspecified atom stereocenters. The number of ether oxygens (including phenoxy) is 4. The zero-order chi connectivity index (χ0) is 30.3. The first kappa shape index (κ1) is 31.3. The van der Waals surface area contributed by atoms with Crippen LogP contribution in [0.2, 0.25) is 10.0 Å². The fourth-order valence-electron chi connectivity index (χ4n) is 3.84. The smallest absolute Gasteiger partial charge is 0.256 e. The Kier molecular flexibility index (Phi) is 10.6. The summed E-state index contributed by atoms with van der Waals surface area (Å²) in [5, 5.41) is 8.64. The maximum absolute atomic E-state index is 13.4. The standard InChI is InChI=1S/C28H30Cl2N4O7/c1-14(2)25(28(37)33-20-10-18(30)22(39-4)12-24(20)41-6)34-27(36)16-13-31-8-7-15(16)26(35)32-19-9-17(29)21(38-3)11-23(19)40-5/h7-14,25H,1-6H3,(H,32,35)(H,33,37)(H,34,36). The molecule has 11 nitrogen and oxygen atoms in total. The van der Waals surface area contributed by atoms with E-state index in [1.165, 1.54) is 71.2 Å². The molecule has 0 aliphatic rings. The van der Waals surface area contributed by atoms with Crippen molar-refractivity contribution in [3.63, 3.8) is 0 Å². The second-order valence-corrected chi connectivity index (χ2v) is 9.75. The molecule has 41 heavy (non-hydrogen) atoms. The second-order valence-electron chi connectivity index (χ2n) is 8.93. The highest BCUT2D eigenvalue weighted by Crippen LogP contribution is 2.37. The van der Waals surface area contributed by atoms with Gasteiger partial charge in [-0.1, -0.05) is 37.0 Å². The summed E-state index contributed by atoms with van der Waals surface area (Å²) in [6.45, 7) is 3.53. The minimum atomic E-state index is -0.996. The molecule has 0 radical (unpaired) electrons. The van der Waals surface area contributed by atoms with Crippen molar-refractivity contribution >= 4 is 52.3 Å². The zero-order valence-electron chi connectivity index (χ0n) is 23.3. The second kappa shape index (κ2) is 13.9. The Balaban J connectivity index is 1.85. The van der Waals surface area contributed by atoms with Crippen LogP contribution >= 0.6 is 23.2 Å². The van der Waals surface area contributed by atoms with E-state index >= 15 is 0 Å². The molecule has 1 atom stereocenters. The Hall–Kier alpha value is -4.22. The van der Waals surface area contributed by atoms with Gasteiger partial charge < -0.3 is 34.9 Å². The average molecular weight is 605 g/mol. The van der Waals surface area contributed by atoms with Gasteiger partial charge >= 0.3 is 0 Å². The summed E-state index contributed by atoms with van der Waals surface area (Å²) in [6.07, 6.45) is 2.61. The summed E-state index contributed by atoms with van der Waals surface area (Å²) >= 11 is 12.5. The lowest BCUT2D eigenvalue weighted by Gasteiger charge is -2.23. The van der Waals surface area contributed by atoms with Gasteiger partial charge in [-0.15, -0.1) is 0 Å². The molecule has 2 aromatic carbocycles. The summed E-state index contributed by atoms with van der Waals surface area (Å²) in [7, 11) is 5.77. The molecule has 0 spiro atoms. The van der Waals surface area contributed by atoms with Gasteiger partial charge in [0.25, 0.3) is 11.8 Å². The lowest BCUT2D eigenvalue weighted by molar-refractivity contribution is -0.118. The Labute approximate surface area is 247 Å². The largest absolute Gasteiger partial charge is 0.495 e. The minimum Gasteiger partial charge on any atom is -0.495 e. The molecule has 3 amide bonds. The number of hydrogen-bond acceptors (Lipinski definition) is 8. The molecule has 218 valence electrons. The van der Waals surface area contributed by atoms with Crippen molar-refractivity contribution in [2.45, 2.75) is 19.9 Å². The van der Waals surface area contributed by atoms with E-state index < -0.39 is 23.8 Å². The number of hydrogen-bond donors (Lipinski definition) is 3. The number of pyridine rings is 1. The van der Waals surface area contributed by atoms with Crippen LogP contribution in [-0.4, -0.2) is 57.2 Å². The normalized spacial score (nSPS) is 11.3. The van der Waals surface area contributed by atoms with E-state index in [4.69, 9.17) is 42.1 Å². The monoisotopic (exact) mass is 604 g/mol. The van der Waals surface area contributed by atoms with Crippen molar-refractivity contribution in [1.29, 1.82) is 0 Å². The van der Waals surface area contributed by atoms with Gasteiger partial charge in [-0.3, -0.25) is 19.4 Å². The molecule has 0 fully saturated rings. The highest BCUT2D eigenvalue weighted by Gasteiger charge is 2.28. The minimum absolute atomic E-state index is 0.0120. The number of aromatic nitrogens is 1. The van der Waals surface area contributed by atoms with Crippen molar-refractivity contribution in [1.82, 2.24) is 10.3 Å². The van der Waals surface area contributed by atoms with Crippen LogP contribution in [0.5, 0.6) is 23.0 Å². The number of rotatable bonds is 11. The number of carbonyl (C=O) groups excluding carboxylic acids is 3. The van der Waals surface area contributed by atoms with E-state index in [1.54, 1.807) is 13.8 Å². The van der Waals surface area contributed by atoms with Gasteiger partial charge in [0.2, 0.25) is 5.91 Å². The molecule has 13 heteroatoms. The highest BCUT2D eigenvalue weighted by molar-refractivity contribution is 6.33. The first-order valence-electron chi connectivity index (χ1n) is 12.2. The van der Waals surface area contributed by atoms with Crippen LogP contribution in [0.25, 0.3) is 0 Å². The SMILES string of the molecule is COc1cc(OC)c(NC(=O)c2ccncc2C(=O)NC(C(=O)Nc2cc(Cl)c(OC)cc2OC)C(C)C)cc1Cl. The van der Waals surface area contributed by atoms with Crippen molar-refractivity contribution in [2.75, 3.05) is 39.1 Å². The maximum atomic E-state index is 13.4. The molecule has 3 aromatic rings. The molecule has 0 saturated heterocycles. The number of halogens is 2. The van der Waals surface area contributed by atoms with Gasteiger partial charge in [-0.25, -0.2) is 0 Å². The number of amides is 3. The molecule has 0 aliphatic heterocycles. The summed E-state index contributed by atoms with van der Waals surface area (Å²) in [5.41, 5.74) is 0.514. The molecule has 0 aliphatic carbocycles. The molecule has 1 heterocycles. The van der Waals surface area contributed by atoms with E-state index in [-0.39, 0.29) is 38.5 Å². The van der Waals surface area contributed by atoms with Crippen LogP contribution in [0.15, 0.2) is 42.7 Å². The maximum Gasteiger partial charge on any atom is 0.256 e. The average Bonchev–Trinajstić information content (AvgIpc) is 2.95. The molecule has 0 saturated carbocycles. The fraction of sp³-hybridized carbons (Fsp3) is 0.286. The predicted molar refractivity (Wildman–Crippen MR) is 156 cm³/mol. The summed E-state index contributed by atoms with van der Waals surface area (Å²) in [5.74, 6) is -0.834. The zero-order valence-corrected chi connectivity index (χ0v) is 24.8. The van der Waals surface area contributed by atoms with Crippen LogP contribution in [0.4, 0.5) is 11.4 Å². The Morgan fingerprint density at radius 2 is 1.24 bits per heavy atom. The van der Waals surface area contributed by atoms with E-state index in [0.29, 0.717) is 23.0 Å². The molecular formula is C28H30Cl2N4O7. The Morgan fingerprint density at radius 1 is 0.732 bits per heavy atom. The van der Waals surface area contributed by atoms with Gasteiger partial charge in [0.05, 0.1) is 61.0 Å². The van der Waals surface area contributed by atoms with Crippen LogP contribution in [0.3, 0.4) is 0 Å². The van der Waals surface area contributed by atoms with Gasteiger partial charge in [0.15, 0.2) is 0 Å². The van der Waals surface area contributed by atoms with Crippen molar-refractivity contribution in [2.24, 2.45) is 5.92 Å². The number of nitrogens with zero attached hydrogens (tertiary/aromatic N) is 1. The van der Waals surface area contributed by atoms with Crippen molar-refractivity contribution in [3.8, 4) is 23.0 Å². The molecule has 3 rings (SSSR count). The Bertz CT molecular complexity index is 1450. The third kappa shape index (κ3) is 7.30. The summed E-state index contributed by atoms with van der Waals surface area (Å²) in [6, 6.07) is 6.40. The molecule has 1 aromatic heterocycles. The number of nitrogens with one attached hydrogen (secondary N) is 3. The predicted octanol–water partition coefficient (Wildman–Crippen LogP) is 5.07. The van der Waals surface area contributed by atoms with E-state index in [1.807, 2.05) is 0 Å². The Morgan fingerprint density at radius 3 is 1.73 bits per heavy atom. The molecular weight excluding hydrogens is 575 g/mol. The van der Waals surface area contributed by atoms with Crippen LogP contribution in [0.1, 0.15) is 34.6 Å². The quantitative estimate of drug-likeness (QED) is 0.276. The summed E-state index contributed by atoms with van der Waals surface area (Å²) in [4.78, 5) is 43.9.